The van der Waals surface area contributed by atoms with E-state index in [9.17, 15) is 8.42 Å². The lowest BCUT2D eigenvalue weighted by atomic mass is 10.3. The van der Waals surface area contributed by atoms with Crippen LogP contribution in [0.1, 0.15) is 34.1 Å². The van der Waals surface area contributed by atoms with Gasteiger partial charge in [0.15, 0.2) is 0 Å². The SMILES string of the molecule is CC.CCC.CN=Nc1ccccc1S(=O)(=O)O. The standard InChI is InChI=1S/C7H8N2O3S.C3H8.C2H6/c1-8-9-6-4-2-3-5-7(6)13(10,11)12;1-3-2;1-2/h2-5H,1H3,(H,10,11,12);3H2,1-2H3;1-2H3. The second-order valence-electron chi connectivity index (χ2n) is 2.95. The Morgan fingerprint density at radius 1 is 1.17 bits per heavy atom. The normalized spacial score (nSPS) is 10.1. The molecule has 0 atom stereocenters. The van der Waals surface area contributed by atoms with Gasteiger partial charge in [0.05, 0.1) is 0 Å². The molecule has 0 radical (unpaired) electrons. The minimum atomic E-state index is -4.21. The van der Waals surface area contributed by atoms with Crippen molar-refractivity contribution in [2.75, 3.05) is 7.05 Å². The van der Waals surface area contributed by atoms with Crippen LogP contribution in [-0.4, -0.2) is 20.0 Å². The number of hydrogen-bond acceptors (Lipinski definition) is 4. The van der Waals surface area contributed by atoms with Crippen LogP contribution in [0.25, 0.3) is 0 Å². The molecule has 0 saturated carbocycles. The predicted molar refractivity (Wildman–Crippen MR) is 74.0 cm³/mol. The lowest BCUT2D eigenvalue weighted by Gasteiger charge is -1.98. The second-order valence-corrected chi connectivity index (χ2v) is 4.34. The van der Waals surface area contributed by atoms with E-state index in [4.69, 9.17) is 4.55 Å². The lowest BCUT2D eigenvalue weighted by Crippen LogP contribution is -1.97. The van der Waals surface area contributed by atoms with Crippen LogP contribution in [0.3, 0.4) is 0 Å². The molecular weight excluding hydrogens is 252 g/mol. The molecule has 1 rings (SSSR count). The lowest BCUT2D eigenvalue weighted by molar-refractivity contribution is 0.483. The van der Waals surface area contributed by atoms with E-state index in [0.29, 0.717) is 0 Å². The molecule has 0 saturated heterocycles. The Kier molecular flexibility index (Phi) is 11.5. The molecule has 18 heavy (non-hydrogen) atoms. The van der Waals surface area contributed by atoms with Crippen LogP contribution in [0, 0.1) is 0 Å². The van der Waals surface area contributed by atoms with Gasteiger partial charge in [0.2, 0.25) is 0 Å². The summed E-state index contributed by atoms with van der Waals surface area (Å²) in [5, 5.41) is 6.99. The Bertz CT molecular complexity index is 442. The molecule has 1 aromatic rings. The van der Waals surface area contributed by atoms with Crippen molar-refractivity contribution in [1.82, 2.24) is 0 Å². The Balaban J connectivity index is 0. The molecule has 0 amide bonds. The molecule has 0 unspecified atom stereocenters. The van der Waals surface area contributed by atoms with Crippen molar-refractivity contribution in [3.8, 4) is 0 Å². The Labute approximate surface area is 110 Å². The van der Waals surface area contributed by atoms with E-state index in [1.54, 1.807) is 6.07 Å². The zero-order chi connectivity index (χ0) is 14.6. The fraction of sp³-hybridized carbons (Fsp3) is 0.500. The molecule has 0 aromatic heterocycles. The van der Waals surface area contributed by atoms with Gasteiger partial charge in [-0.05, 0) is 12.1 Å². The maximum atomic E-state index is 10.8. The first-order valence-electron chi connectivity index (χ1n) is 5.83. The quantitative estimate of drug-likeness (QED) is 0.651. The smallest absolute Gasteiger partial charge is 0.282 e. The van der Waals surface area contributed by atoms with Gasteiger partial charge in [-0.15, -0.1) is 0 Å². The summed E-state index contributed by atoms with van der Waals surface area (Å²) in [4.78, 5) is -0.236. The monoisotopic (exact) mass is 274 g/mol. The van der Waals surface area contributed by atoms with Crippen molar-refractivity contribution in [3.05, 3.63) is 24.3 Å². The van der Waals surface area contributed by atoms with Crippen LogP contribution in [0.4, 0.5) is 5.69 Å². The molecule has 5 nitrogen and oxygen atoms in total. The third-order valence-electron chi connectivity index (χ3n) is 1.35. The van der Waals surface area contributed by atoms with Gasteiger partial charge in [-0.2, -0.15) is 18.6 Å². The molecule has 1 N–H and O–H groups in total. The van der Waals surface area contributed by atoms with Crippen LogP contribution in [-0.2, 0) is 10.1 Å². The molecule has 0 bridgehead atoms. The minimum Gasteiger partial charge on any atom is -0.282 e. The van der Waals surface area contributed by atoms with E-state index in [1.807, 2.05) is 13.8 Å². The molecular formula is C12H22N2O3S. The van der Waals surface area contributed by atoms with Gasteiger partial charge in [0.1, 0.15) is 10.6 Å². The Morgan fingerprint density at radius 3 is 2.00 bits per heavy atom. The summed E-state index contributed by atoms with van der Waals surface area (Å²) < 4.78 is 30.3. The first-order chi connectivity index (χ1) is 8.47. The number of benzene rings is 1. The third kappa shape index (κ3) is 7.92. The highest BCUT2D eigenvalue weighted by molar-refractivity contribution is 7.86. The molecule has 0 fully saturated rings. The molecule has 1 aromatic carbocycles. The Hall–Kier alpha value is -1.27. The van der Waals surface area contributed by atoms with E-state index in [0.717, 1.165) is 0 Å². The van der Waals surface area contributed by atoms with Gasteiger partial charge >= 0.3 is 0 Å². The molecule has 0 aliphatic heterocycles. The van der Waals surface area contributed by atoms with E-state index >= 15 is 0 Å². The molecule has 0 heterocycles. The topological polar surface area (TPSA) is 79.1 Å². The largest absolute Gasteiger partial charge is 0.296 e. The summed E-state index contributed by atoms with van der Waals surface area (Å²) in [7, 11) is -2.79. The molecule has 104 valence electrons. The summed E-state index contributed by atoms with van der Waals surface area (Å²) in [6.07, 6.45) is 1.25. The highest BCUT2D eigenvalue weighted by Crippen LogP contribution is 2.23. The zero-order valence-corrected chi connectivity index (χ0v) is 12.4. The van der Waals surface area contributed by atoms with Crippen LogP contribution in [0.5, 0.6) is 0 Å². The predicted octanol–water partition coefficient (Wildman–Crippen LogP) is 4.09. The number of nitrogens with zero attached hydrogens (tertiary/aromatic N) is 2. The van der Waals surface area contributed by atoms with Crippen LogP contribution >= 0.6 is 0 Å². The van der Waals surface area contributed by atoms with E-state index in [1.165, 1.54) is 31.7 Å². The highest BCUT2D eigenvalue weighted by atomic mass is 32.2. The van der Waals surface area contributed by atoms with Gasteiger partial charge in [0.25, 0.3) is 10.1 Å². The number of rotatable bonds is 2. The van der Waals surface area contributed by atoms with Gasteiger partial charge < -0.3 is 0 Å². The summed E-state index contributed by atoms with van der Waals surface area (Å²) in [5.41, 5.74) is 0.132. The van der Waals surface area contributed by atoms with Gasteiger partial charge in [0, 0.05) is 7.05 Å². The molecule has 6 heteroatoms. The third-order valence-corrected chi connectivity index (χ3v) is 2.25. The maximum absolute atomic E-state index is 10.8. The number of azo groups is 1. The van der Waals surface area contributed by atoms with Gasteiger partial charge in [-0.1, -0.05) is 46.2 Å². The van der Waals surface area contributed by atoms with Crippen molar-refractivity contribution in [2.24, 2.45) is 10.2 Å². The fourth-order valence-corrected chi connectivity index (χ4v) is 1.49. The first-order valence-corrected chi connectivity index (χ1v) is 7.27. The summed E-state index contributed by atoms with van der Waals surface area (Å²) >= 11 is 0. The van der Waals surface area contributed by atoms with Crippen molar-refractivity contribution in [1.29, 1.82) is 0 Å². The average molecular weight is 274 g/mol. The average Bonchev–Trinajstić information content (AvgIpc) is 2.32. The number of hydrogen-bond donors (Lipinski definition) is 1. The molecule has 0 aliphatic rings. The van der Waals surface area contributed by atoms with E-state index in [-0.39, 0.29) is 10.6 Å². The van der Waals surface area contributed by atoms with Crippen molar-refractivity contribution < 1.29 is 13.0 Å². The minimum absolute atomic E-state index is 0.132. The zero-order valence-electron chi connectivity index (χ0n) is 11.6. The van der Waals surface area contributed by atoms with E-state index in [2.05, 4.69) is 24.1 Å². The molecule has 0 aliphatic carbocycles. The van der Waals surface area contributed by atoms with Crippen LogP contribution in [0.15, 0.2) is 39.4 Å². The van der Waals surface area contributed by atoms with E-state index < -0.39 is 10.1 Å². The fourth-order valence-electron chi connectivity index (χ4n) is 0.866. The first kappa shape index (κ1) is 19.1. The van der Waals surface area contributed by atoms with Crippen molar-refractivity contribution >= 4 is 15.8 Å². The van der Waals surface area contributed by atoms with Crippen molar-refractivity contribution in [3.63, 3.8) is 0 Å². The highest BCUT2D eigenvalue weighted by Gasteiger charge is 2.13. The van der Waals surface area contributed by atoms with Gasteiger partial charge in [-0.3, -0.25) is 4.55 Å². The van der Waals surface area contributed by atoms with Crippen molar-refractivity contribution in [2.45, 2.75) is 39.0 Å². The Morgan fingerprint density at radius 2 is 1.61 bits per heavy atom. The van der Waals surface area contributed by atoms with Gasteiger partial charge in [-0.25, -0.2) is 0 Å². The molecule has 0 spiro atoms. The second kappa shape index (κ2) is 10.9. The summed E-state index contributed by atoms with van der Waals surface area (Å²) in [6.45, 7) is 8.25. The summed E-state index contributed by atoms with van der Waals surface area (Å²) in [6, 6.07) is 5.83. The van der Waals surface area contributed by atoms with Crippen LogP contribution in [0.2, 0.25) is 0 Å². The van der Waals surface area contributed by atoms with Crippen LogP contribution < -0.4 is 0 Å². The summed E-state index contributed by atoms with van der Waals surface area (Å²) in [5.74, 6) is 0. The maximum Gasteiger partial charge on any atom is 0.296 e.